The van der Waals surface area contributed by atoms with E-state index in [1.807, 2.05) is 31.2 Å². The predicted octanol–water partition coefficient (Wildman–Crippen LogP) is 1.76. The summed E-state index contributed by atoms with van der Waals surface area (Å²) in [6.45, 7) is 2.08. The molecule has 0 fully saturated rings. The Kier molecular flexibility index (Phi) is 3.00. The Bertz CT molecular complexity index is 491. The maximum atomic E-state index is 10.1. The summed E-state index contributed by atoms with van der Waals surface area (Å²) in [5, 5.41) is 4.16. The van der Waals surface area contributed by atoms with Gasteiger partial charge in [-0.05, 0) is 24.6 Å². The van der Waals surface area contributed by atoms with Crippen molar-refractivity contribution < 1.29 is 9.53 Å². The lowest BCUT2D eigenvalue weighted by atomic mass is 10.2. The minimum atomic E-state index is 0.0551. The molecule has 0 spiro atoms. The molecule has 0 aliphatic rings. The van der Waals surface area contributed by atoms with Crippen LogP contribution in [-0.4, -0.2) is 22.7 Å². The van der Waals surface area contributed by atoms with Crippen LogP contribution in [0.15, 0.2) is 36.7 Å². The second kappa shape index (κ2) is 4.61. The number of rotatable bonds is 4. The van der Waals surface area contributed by atoms with Gasteiger partial charge in [-0.15, -0.1) is 0 Å². The number of ether oxygens (including phenoxy) is 1. The first-order valence-electron chi connectivity index (χ1n) is 4.98. The van der Waals surface area contributed by atoms with Crippen molar-refractivity contribution in [3.63, 3.8) is 0 Å². The van der Waals surface area contributed by atoms with Crippen LogP contribution in [0.25, 0.3) is 5.69 Å². The van der Waals surface area contributed by atoms with E-state index in [9.17, 15) is 4.79 Å². The molecule has 0 amide bonds. The van der Waals surface area contributed by atoms with E-state index < -0.39 is 0 Å². The Morgan fingerprint density at radius 1 is 1.50 bits per heavy atom. The van der Waals surface area contributed by atoms with Crippen LogP contribution in [0.4, 0.5) is 0 Å². The molecule has 0 atom stereocenters. The van der Waals surface area contributed by atoms with Gasteiger partial charge in [0.05, 0.1) is 18.1 Å². The van der Waals surface area contributed by atoms with Crippen LogP contribution in [0, 0.1) is 6.92 Å². The number of carbonyl (C=O) groups excluding carboxylic acids is 1. The third kappa shape index (κ3) is 2.28. The first kappa shape index (κ1) is 10.4. The lowest BCUT2D eigenvalue weighted by molar-refractivity contribution is -0.109. The van der Waals surface area contributed by atoms with Crippen LogP contribution in [-0.2, 0) is 4.79 Å². The Labute approximate surface area is 93.5 Å². The molecule has 0 saturated carbocycles. The SMILES string of the molecule is Cc1cccc(-n2cc(OCC=O)cn2)c1. The maximum absolute atomic E-state index is 10.1. The number of aldehydes is 1. The van der Waals surface area contributed by atoms with E-state index in [1.165, 1.54) is 5.56 Å². The molecule has 2 aromatic rings. The third-order valence-corrected chi connectivity index (χ3v) is 2.14. The van der Waals surface area contributed by atoms with E-state index in [1.54, 1.807) is 17.1 Å². The standard InChI is InChI=1S/C12H12N2O2/c1-10-3-2-4-11(7-10)14-9-12(8-13-14)16-6-5-15/h2-5,7-9H,6H2,1H3. The van der Waals surface area contributed by atoms with Crippen LogP contribution >= 0.6 is 0 Å². The van der Waals surface area contributed by atoms with Crippen LogP contribution < -0.4 is 4.74 Å². The quantitative estimate of drug-likeness (QED) is 0.731. The average molecular weight is 216 g/mol. The van der Waals surface area contributed by atoms with Crippen molar-refractivity contribution in [2.45, 2.75) is 6.92 Å². The summed E-state index contributed by atoms with van der Waals surface area (Å²) in [5.74, 6) is 0.591. The number of hydrogen-bond acceptors (Lipinski definition) is 3. The van der Waals surface area contributed by atoms with Gasteiger partial charge in [-0.3, -0.25) is 4.79 Å². The van der Waals surface area contributed by atoms with Crippen LogP contribution in [0.5, 0.6) is 5.75 Å². The van der Waals surface area contributed by atoms with E-state index in [-0.39, 0.29) is 6.61 Å². The molecule has 0 bridgehead atoms. The highest BCUT2D eigenvalue weighted by Gasteiger charge is 2.01. The highest BCUT2D eigenvalue weighted by atomic mass is 16.5. The first-order chi connectivity index (χ1) is 7.79. The Morgan fingerprint density at radius 2 is 2.38 bits per heavy atom. The van der Waals surface area contributed by atoms with E-state index >= 15 is 0 Å². The zero-order valence-electron chi connectivity index (χ0n) is 8.96. The fourth-order valence-corrected chi connectivity index (χ4v) is 1.42. The van der Waals surface area contributed by atoms with Crippen LogP contribution in [0.3, 0.4) is 0 Å². The fourth-order valence-electron chi connectivity index (χ4n) is 1.42. The number of carbonyl (C=O) groups is 1. The van der Waals surface area contributed by atoms with Gasteiger partial charge in [0.1, 0.15) is 6.61 Å². The summed E-state index contributed by atoms with van der Waals surface area (Å²) >= 11 is 0. The molecule has 4 heteroatoms. The summed E-state index contributed by atoms with van der Waals surface area (Å²) in [6.07, 6.45) is 4.05. The lowest BCUT2D eigenvalue weighted by Gasteiger charge is -2.01. The second-order valence-corrected chi connectivity index (χ2v) is 3.44. The molecule has 1 aromatic heterocycles. The molecule has 0 N–H and O–H groups in total. The Balaban J connectivity index is 2.21. The minimum absolute atomic E-state index is 0.0551. The largest absolute Gasteiger partial charge is 0.483 e. The van der Waals surface area contributed by atoms with Crippen molar-refractivity contribution in [2.24, 2.45) is 0 Å². The van der Waals surface area contributed by atoms with Gasteiger partial charge in [-0.25, -0.2) is 4.68 Å². The fraction of sp³-hybridized carbons (Fsp3) is 0.167. The monoisotopic (exact) mass is 216 g/mol. The van der Waals surface area contributed by atoms with Crippen molar-refractivity contribution >= 4 is 6.29 Å². The molecule has 0 unspecified atom stereocenters. The summed E-state index contributed by atoms with van der Waals surface area (Å²) in [5.41, 5.74) is 2.14. The number of aromatic nitrogens is 2. The van der Waals surface area contributed by atoms with Gasteiger partial charge in [0.15, 0.2) is 12.0 Å². The van der Waals surface area contributed by atoms with Gasteiger partial charge < -0.3 is 4.74 Å². The molecule has 2 rings (SSSR count). The van der Waals surface area contributed by atoms with E-state index in [0.717, 1.165) is 5.69 Å². The number of aryl methyl sites for hydroxylation is 1. The lowest BCUT2D eigenvalue weighted by Crippen LogP contribution is -1.97. The molecule has 1 heterocycles. The van der Waals surface area contributed by atoms with Gasteiger partial charge in [-0.1, -0.05) is 12.1 Å². The van der Waals surface area contributed by atoms with Gasteiger partial charge >= 0.3 is 0 Å². The zero-order valence-corrected chi connectivity index (χ0v) is 8.96. The zero-order chi connectivity index (χ0) is 11.4. The number of hydrogen-bond donors (Lipinski definition) is 0. The number of benzene rings is 1. The van der Waals surface area contributed by atoms with E-state index in [0.29, 0.717) is 12.0 Å². The molecular weight excluding hydrogens is 204 g/mol. The van der Waals surface area contributed by atoms with Crippen LogP contribution in [0.2, 0.25) is 0 Å². The van der Waals surface area contributed by atoms with Crippen LogP contribution in [0.1, 0.15) is 5.56 Å². The highest BCUT2D eigenvalue weighted by molar-refractivity contribution is 5.51. The Hall–Kier alpha value is -2.10. The van der Waals surface area contributed by atoms with E-state index in [2.05, 4.69) is 5.10 Å². The normalized spacial score (nSPS) is 10.1. The average Bonchev–Trinajstić information content (AvgIpc) is 2.75. The van der Waals surface area contributed by atoms with Gasteiger partial charge in [0, 0.05) is 0 Å². The van der Waals surface area contributed by atoms with Crippen molar-refractivity contribution in [1.82, 2.24) is 9.78 Å². The Morgan fingerprint density at radius 3 is 3.12 bits per heavy atom. The van der Waals surface area contributed by atoms with Gasteiger partial charge in [0.2, 0.25) is 0 Å². The second-order valence-electron chi connectivity index (χ2n) is 3.44. The minimum Gasteiger partial charge on any atom is -0.483 e. The summed E-state index contributed by atoms with van der Waals surface area (Å²) in [6, 6.07) is 7.98. The molecule has 1 aromatic carbocycles. The highest BCUT2D eigenvalue weighted by Crippen LogP contribution is 2.14. The smallest absolute Gasteiger partial charge is 0.158 e. The van der Waals surface area contributed by atoms with Gasteiger partial charge in [0.25, 0.3) is 0 Å². The summed E-state index contributed by atoms with van der Waals surface area (Å²) in [4.78, 5) is 10.1. The maximum Gasteiger partial charge on any atom is 0.158 e. The predicted molar refractivity (Wildman–Crippen MR) is 59.9 cm³/mol. The molecule has 82 valence electrons. The third-order valence-electron chi connectivity index (χ3n) is 2.14. The topological polar surface area (TPSA) is 44.1 Å². The molecule has 0 radical (unpaired) electrons. The molecule has 4 nitrogen and oxygen atoms in total. The van der Waals surface area contributed by atoms with Crippen molar-refractivity contribution in [1.29, 1.82) is 0 Å². The van der Waals surface area contributed by atoms with E-state index in [4.69, 9.17) is 4.74 Å². The van der Waals surface area contributed by atoms with Crippen molar-refractivity contribution in [2.75, 3.05) is 6.61 Å². The molecule has 0 aliphatic heterocycles. The summed E-state index contributed by atoms with van der Waals surface area (Å²) < 4.78 is 6.85. The van der Waals surface area contributed by atoms with Crippen molar-refractivity contribution in [3.8, 4) is 11.4 Å². The molecule has 0 aliphatic carbocycles. The number of nitrogens with zero attached hydrogens (tertiary/aromatic N) is 2. The summed E-state index contributed by atoms with van der Waals surface area (Å²) in [7, 11) is 0. The molecule has 0 saturated heterocycles. The molecular formula is C12H12N2O2. The van der Waals surface area contributed by atoms with Crippen molar-refractivity contribution in [3.05, 3.63) is 42.2 Å². The molecule has 16 heavy (non-hydrogen) atoms. The first-order valence-corrected chi connectivity index (χ1v) is 4.98. The van der Waals surface area contributed by atoms with Gasteiger partial charge in [-0.2, -0.15) is 5.10 Å².